The van der Waals surface area contributed by atoms with E-state index in [9.17, 15) is 0 Å². The van der Waals surface area contributed by atoms with Crippen molar-refractivity contribution in [3.05, 3.63) is 0 Å². The molecule has 0 amide bonds. The number of nitrogens with zero attached hydrogens (tertiary/aromatic N) is 4. The van der Waals surface area contributed by atoms with Crippen LogP contribution in [-0.2, 0) is 4.74 Å². The molecule has 0 bridgehead atoms. The molecule has 3 rings (SSSR count). The quantitative estimate of drug-likeness (QED) is 0.596. The average Bonchev–Trinajstić information content (AvgIpc) is 3.16. The van der Waals surface area contributed by atoms with E-state index in [1.807, 2.05) is 11.8 Å². The van der Waals surface area contributed by atoms with E-state index in [0.29, 0.717) is 11.5 Å². The fraction of sp³-hybridized carbons (Fsp3) is 0.923. The molecule has 1 aromatic rings. The van der Waals surface area contributed by atoms with E-state index >= 15 is 0 Å². The van der Waals surface area contributed by atoms with Crippen molar-refractivity contribution in [2.75, 3.05) is 24.3 Å². The van der Waals surface area contributed by atoms with Crippen LogP contribution in [0.15, 0.2) is 5.16 Å². The number of hydrogen-bond donors (Lipinski definition) is 0. The molecule has 1 saturated heterocycles. The molecule has 0 aromatic carbocycles. The molecule has 1 aliphatic carbocycles. The van der Waals surface area contributed by atoms with Crippen LogP contribution in [0.25, 0.3) is 0 Å². The molecule has 7 heteroatoms. The molecular weight excluding hydrogens is 340 g/mol. The largest absolute Gasteiger partial charge is 0.381 e. The van der Waals surface area contributed by atoms with Crippen molar-refractivity contribution in [3.8, 4) is 0 Å². The molecule has 0 atom stereocenters. The number of rotatable bonds is 5. The molecule has 0 spiro atoms. The lowest BCUT2D eigenvalue weighted by Crippen LogP contribution is -2.33. The van der Waals surface area contributed by atoms with Gasteiger partial charge in [0.1, 0.15) is 0 Å². The Morgan fingerprint density at radius 3 is 2.75 bits per heavy atom. The van der Waals surface area contributed by atoms with Gasteiger partial charge in [0, 0.05) is 24.3 Å². The van der Waals surface area contributed by atoms with Crippen molar-refractivity contribution in [1.82, 2.24) is 20.2 Å². The maximum atomic E-state index is 5.49. The fourth-order valence-corrected chi connectivity index (χ4v) is 5.26. The van der Waals surface area contributed by atoms with Crippen LogP contribution in [0.2, 0.25) is 0 Å². The van der Waals surface area contributed by atoms with E-state index in [4.69, 9.17) is 4.74 Å². The number of halogens is 1. The Labute approximate surface area is 132 Å². The summed E-state index contributed by atoms with van der Waals surface area (Å²) >= 11 is 5.50. The molecular formula is C13H21BrN4OS. The Hall–Kier alpha value is -0.140. The normalized spacial score (nSPS) is 23.2. The first-order valence-electron chi connectivity index (χ1n) is 7.37. The Morgan fingerprint density at radius 1 is 1.30 bits per heavy atom. The molecule has 2 heterocycles. The van der Waals surface area contributed by atoms with Gasteiger partial charge in [0.25, 0.3) is 0 Å². The molecule has 5 nitrogen and oxygen atoms in total. The molecule has 1 aliphatic heterocycles. The summed E-state index contributed by atoms with van der Waals surface area (Å²) in [6, 6.07) is 0.516. The minimum atomic E-state index is 0.329. The molecule has 20 heavy (non-hydrogen) atoms. The Balaban J connectivity index is 1.64. The topological polar surface area (TPSA) is 52.8 Å². The summed E-state index contributed by atoms with van der Waals surface area (Å²) in [7, 11) is 0. The van der Waals surface area contributed by atoms with Gasteiger partial charge >= 0.3 is 0 Å². The Bertz CT molecular complexity index is 430. The van der Waals surface area contributed by atoms with Crippen LogP contribution < -0.4 is 0 Å². The van der Waals surface area contributed by atoms with Crippen molar-refractivity contribution in [1.29, 1.82) is 0 Å². The molecule has 2 fully saturated rings. The first-order valence-corrected chi connectivity index (χ1v) is 9.48. The highest BCUT2D eigenvalue weighted by Crippen LogP contribution is 2.39. The number of alkyl halides is 1. The van der Waals surface area contributed by atoms with Crippen LogP contribution in [0, 0.1) is 5.41 Å². The van der Waals surface area contributed by atoms with Gasteiger partial charge in [0.2, 0.25) is 5.16 Å². The van der Waals surface area contributed by atoms with Gasteiger partial charge in [-0.3, -0.25) is 0 Å². The number of hydrogen-bond acceptors (Lipinski definition) is 5. The number of tetrazole rings is 1. The SMILES string of the molecule is BrCC1(CSc2nnnn2C2CCCC2)CCOCC1. The number of aromatic nitrogens is 4. The zero-order chi connectivity index (χ0) is 13.8. The first-order chi connectivity index (χ1) is 9.83. The third kappa shape index (κ3) is 3.20. The van der Waals surface area contributed by atoms with Gasteiger partial charge in [0.05, 0.1) is 6.04 Å². The van der Waals surface area contributed by atoms with E-state index in [-0.39, 0.29) is 0 Å². The molecule has 112 valence electrons. The third-order valence-corrected chi connectivity index (χ3v) is 6.95. The van der Waals surface area contributed by atoms with Crippen LogP contribution in [0.5, 0.6) is 0 Å². The van der Waals surface area contributed by atoms with Crippen molar-refractivity contribution in [2.24, 2.45) is 5.41 Å². The summed E-state index contributed by atoms with van der Waals surface area (Å²) in [5.74, 6) is 1.06. The maximum Gasteiger partial charge on any atom is 0.209 e. The minimum Gasteiger partial charge on any atom is -0.381 e. The monoisotopic (exact) mass is 360 g/mol. The third-order valence-electron chi connectivity index (χ3n) is 4.48. The zero-order valence-electron chi connectivity index (χ0n) is 11.6. The zero-order valence-corrected chi connectivity index (χ0v) is 14.0. The van der Waals surface area contributed by atoms with Gasteiger partial charge in [-0.25, -0.2) is 4.68 Å². The lowest BCUT2D eigenvalue weighted by atomic mass is 9.85. The standard InChI is InChI=1S/C13H21BrN4OS/c14-9-13(5-7-19-8-6-13)10-20-12-15-16-17-18(12)11-3-1-2-4-11/h11H,1-10H2. The van der Waals surface area contributed by atoms with Crippen molar-refractivity contribution in [2.45, 2.75) is 49.7 Å². The Morgan fingerprint density at radius 2 is 2.05 bits per heavy atom. The molecule has 0 N–H and O–H groups in total. The van der Waals surface area contributed by atoms with E-state index in [2.05, 4.69) is 36.1 Å². The minimum absolute atomic E-state index is 0.329. The maximum absolute atomic E-state index is 5.49. The van der Waals surface area contributed by atoms with Crippen molar-refractivity contribution in [3.63, 3.8) is 0 Å². The van der Waals surface area contributed by atoms with E-state index in [0.717, 1.165) is 42.3 Å². The highest BCUT2D eigenvalue weighted by molar-refractivity contribution is 9.09. The second kappa shape index (κ2) is 6.75. The Kier molecular flexibility index (Phi) is 4.99. The van der Waals surface area contributed by atoms with Crippen molar-refractivity contribution >= 4 is 27.7 Å². The molecule has 0 unspecified atom stereocenters. The molecule has 1 aromatic heterocycles. The van der Waals surface area contributed by atoms with Crippen LogP contribution in [-0.4, -0.2) is 44.5 Å². The molecule has 1 saturated carbocycles. The predicted molar refractivity (Wildman–Crippen MR) is 82.3 cm³/mol. The van der Waals surface area contributed by atoms with E-state index in [1.54, 1.807) is 0 Å². The number of thioether (sulfide) groups is 1. The number of ether oxygens (including phenoxy) is 1. The van der Waals surface area contributed by atoms with Crippen LogP contribution in [0.3, 0.4) is 0 Å². The summed E-state index contributed by atoms with van der Waals surface area (Å²) < 4.78 is 7.55. The van der Waals surface area contributed by atoms with Crippen LogP contribution >= 0.6 is 27.7 Å². The lowest BCUT2D eigenvalue weighted by molar-refractivity contribution is 0.0374. The van der Waals surface area contributed by atoms with E-state index in [1.165, 1.54) is 25.7 Å². The van der Waals surface area contributed by atoms with Crippen molar-refractivity contribution < 1.29 is 4.74 Å². The van der Waals surface area contributed by atoms with Gasteiger partial charge in [-0.05, 0) is 41.5 Å². The van der Waals surface area contributed by atoms with Gasteiger partial charge < -0.3 is 4.74 Å². The first kappa shape index (κ1) is 14.8. The average molecular weight is 361 g/mol. The summed E-state index contributed by atoms with van der Waals surface area (Å²) in [4.78, 5) is 0. The van der Waals surface area contributed by atoms with Gasteiger partial charge in [-0.15, -0.1) is 5.10 Å². The summed E-state index contributed by atoms with van der Waals surface area (Å²) in [5.41, 5.74) is 0.329. The summed E-state index contributed by atoms with van der Waals surface area (Å²) in [5, 5.41) is 14.3. The highest BCUT2D eigenvalue weighted by Gasteiger charge is 2.32. The van der Waals surface area contributed by atoms with Crippen LogP contribution in [0.4, 0.5) is 0 Å². The second-order valence-electron chi connectivity index (χ2n) is 5.88. The summed E-state index contributed by atoms with van der Waals surface area (Å²) in [6.07, 6.45) is 7.28. The van der Waals surface area contributed by atoms with E-state index < -0.39 is 0 Å². The van der Waals surface area contributed by atoms with Crippen LogP contribution in [0.1, 0.15) is 44.6 Å². The lowest BCUT2D eigenvalue weighted by Gasteiger charge is -2.35. The molecule has 0 radical (unpaired) electrons. The van der Waals surface area contributed by atoms with Gasteiger partial charge in [-0.1, -0.05) is 40.5 Å². The predicted octanol–water partition coefficient (Wildman–Crippen LogP) is 3.07. The molecule has 2 aliphatic rings. The van der Waals surface area contributed by atoms with Gasteiger partial charge in [0.15, 0.2) is 0 Å². The summed E-state index contributed by atoms with van der Waals surface area (Å²) in [6.45, 7) is 1.75. The smallest absolute Gasteiger partial charge is 0.209 e. The highest BCUT2D eigenvalue weighted by atomic mass is 79.9. The van der Waals surface area contributed by atoms with Gasteiger partial charge in [-0.2, -0.15) is 0 Å². The fourth-order valence-electron chi connectivity index (χ4n) is 3.00. The second-order valence-corrected chi connectivity index (χ2v) is 7.38.